The molecule has 0 fully saturated rings. The summed E-state index contributed by atoms with van der Waals surface area (Å²) >= 11 is 0. The number of nitrogens with zero attached hydrogens (tertiary/aromatic N) is 1. The van der Waals surface area contributed by atoms with Gasteiger partial charge in [0.25, 0.3) is 0 Å². The number of aliphatic imine (C=N–C) groups is 1. The van der Waals surface area contributed by atoms with E-state index in [0.717, 1.165) is 24.8 Å². The number of guanidine groups is 1. The van der Waals surface area contributed by atoms with Crippen LogP contribution in [0, 0.1) is 0 Å². The Morgan fingerprint density at radius 2 is 1.12 bits per heavy atom. The second-order valence-corrected chi connectivity index (χ2v) is 21.6. The second kappa shape index (κ2) is 44.7. The van der Waals surface area contributed by atoms with E-state index in [9.17, 15) is 48.6 Å². The van der Waals surface area contributed by atoms with Gasteiger partial charge in [-0.15, -0.1) is 0 Å². The zero-order valence-electron chi connectivity index (χ0n) is 50.9. The number of phenols is 1. The Bertz CT molecular complexity index is 2500. The summed E-state index contributed by atoms with van der Waals surface area (Å²) in [5.74, 6) is -3.96. The van der Waals surface area contributed by atoms with E-state index in [4.69, 9.17) is 16.2 Å². The quantitative estimate of drug-likeness (QED) is 0.0155. The number of phenolic OH excluding ortho intramolecular Hbond substituents is 1. The highest BCUT2D eigenvalue weighted by Crippen LogP contribution is 2.28. The minimum absolute atomic E-state index is 0.0769. The van der Waals surface area contributed by atoms with E-state index in [1.54, 1.807) is 43.3 Å². The lowest BCUT2D eigenvalue weighted by molar-refractivity contribution is -0.142. The number of unbranched alkanes of at least 4 members (excludes halogenated alkanes) is 14. The van der Waals surface area contributed by atoms with E-state index in [1.807, 2.05) is 30.3 Å². The van der Waals surface area contributed by atoms with Crippen molar-refractivity contribution in [3.8, 4) is 11.5 Å². The Kier molecular flexibility index (Phi) is 37.7. The summed E-state index contributed by atoms with van der Waals surface area (Å²) in [5, 5.41) is 41.7. The highest BCUT2D eigenvalue weighted by atomic mass is 16.5. The van der Waals surface area contributed by atoms with Crippen molar-refractivity contribution in [2.75, 3.05) is 39.3 Å². The van der Waals surface area contributed by atoms with Crippen LogP contribution in [-0.2, 0) is 40.1 Å². The predicted octanol–water partition coefficient (Wildman–Crippen LogP) is 6.97. The highest BCUT2D eigenvalue weighted by Gasteiger charge is 2.29. The number of carbonyl (C=O) groups is 8. The first kappa shape index (κ1) is 72.5. The summed E-state index contributed by atoms with van der Waals surface area (Å²) in [5.41, 5.74) is 13.7. The van der Waals surface area contributed by atoms with Crippen molar-refractivity contribution in [1.29, 1.82) is 0 Å². The summed E-state index contributed by atoms with van der Waals surface area (Å²) in [6.45, 7) is 5.64. The number of amides is 8. The Hall–Kier alpha value is -7.75. The standard InChI is InChI=1S/C64H99N11O11/c1-3-5-6-7-8-9-10-11-12-13-14-15-19-32-56(78)73-54(62(83)84)37-38-57(79)72-52(30-20-21-39-65)59(80)68-40-22-23-44-86-51-29-24-28-49(45-51)58(48-26-17-16-18-27-48)61(82)74-53(60(81)71-46-47-33-35-50(76)36-34-47)31-25-41-69-63(66)75-64(85)70-43-42-67-55(77)4-2/h16-18,24,26-29,33-36,45,52-54,58,76H,3-15,19-23,25,30-32,37-44,46,65H2,1-2H3,(H,67,77)(H,68,80)(H,71,81)(H,72,79)(H,73,78)(H,74,82)(H,83,84)(H4,66,69,70,75,85)/t52-,53+,54-,58?/m0/s1. The molecule has 0 bridgehead atoms. The SMILES string of the molecule is CCCCCCCCCCCCCCCC(=O)N[C@@H](CCC(=O)N[C@@H](CCCCN)C(=O)NCCCCOc1cccc(C(C(=O)N[C@H](CCCN/C(N)=N\C(=O)NCCNC(=O)CC)C(=O)NCc2ccc(O)cc2)c2ccccc2)c1)C(=O)O. The molecule has 22 heteroatoms. The van der Waals surface area contributed by atoms with Crippen LogP contribution in [0.5, 0.6) is 11.5 Å². The van der Waals surface area contributed by atoms with E-state index in [-0.39, 0.29) is 94.4 Å². The molecule has 0 saturated carbocycles. The third-order valence-corrected chi connectivity index (χ3v) is 14.4. The van der Waals surface area contributed by atoms with Crippen LogP contribution >= 0.6 is 0 Å². The maximum atomic E-state index is 14.5. The van der Waals surface area contributed by atoms with Crippen LogP contribution in [0.3, 0.4) is 0 Å². The number of hydrogen-bond acceptors (Lipinski definition) is 11. The van der Waals surface area contributed by atoms with E-state index in [0.29, 0.717) is 74.8 Å². The molecule has 0 spiro atoms. The minimum atomic E-state index is -1.24. The number of aliphatic carboxylic acids is 1. The molecule has 0 aliphatic rings. The van der Waals surface area contributed by atoms with Crippen LogP contribution < -0.4 is 58.7 Å². The topological polar surface area (TPSA) is 347 Å². The number of aromatic hydroxyl groups is 1. The van der Waals surface area contributed by atoms with E-state index in [2.05, 4.69) is 54.5 Å². The first-order valence-electron chi connectivity index (χ1n) is 31.2. The molecule has 3 rings (SSSR count). The van der Waals surface area contributed by atoms with Gasteiger partial charge in [0, 0.05) is 52.0 Å². The van der Waals surface area contributed by atoms with Gasteiger partial charge in [0.1, 0.15) is 29.6 Å². The largest absolute Gasteiger partial charge is 0.508 e. The first-order valence-corrected chi connectivity index (χ1v) is 31.2. The lowest BCUT2D eigenvalue weighted by Crippen LogP contribution is -2.48. The fraction of sp³-hybridized carbons (Fsp3) is 0.578. The van der Waals surface area contributed by atoms with Crippen molar-refractivity contribution in [3.63, 3.8) is 0 Å². The summed E-state index contributed by atoms with van der Waals surface area (Å²) in [4.78, 5) is 107. The average Bonchev–Trinajstić information content (AvgIpc) is 2.71. The van der Waals surface area contributed by atoms with E-state index < -0.39 is 53.8 Å². The second-order valence-electron chi connectivity index (χ2n) is 21.6. The number of carboxylic acids is 1. The number of urea groups is 1. The molecule has 22 nitrogen and oxygen atoms in total. The number of nitrogens with two attached hydrogens (primary N) is 2. The Morgan fingerprint density at radius 3 is 1.78 bits per heavy atom. The fourth-order valence-corrected chi connectivity index (χ4v) is 9.46. The van der Waals surface area contributed by atoms with Crippen LogP contribution in [0.1, 0.15) is 191 Å². The van der Waals surface area contributed by atoms with Crippen LogP contribution in [0.25, 0.3) is 0 Å². The lowest BCUT2D eigenvalue weighted by atomic mass is 9.90. The molecule has 0 aliphatic heterocycles. The molecule has 1 unspecified atom stereocenters. The van der Waals surface area contributed by atoms with Gasteiger partial charge in [0.15, 0.2) is 5.96 Å². The summed E-state index contributed by atoms with van der Waals surface area (Å²) < 4.78 is 6.15. The van der Waals surface area contributed by atoms with Crippen molar-refractivity contribution < 1.29 is 53.3 Å². The van der Waals surface area contributed by atoms with Crippen LogP contribution in [0.2, 0.25) is 0 Å². The van der Waals surface area contributed by atoms with Gasteiger partial charge >= 0.3 is 12.0 Å². The predicted molar refractivity (Wildman–Crippen MR) is 334 cm³/mol. The van der Waals surface area contributed by atoms with Gasteiger partial charge in [-0.2, -0.15) is 4.99 Å². The summed E-state index contributed by atoms with van der Waals surface area (Å²) in [7, 11) is 0. The smallest absolute Gasteiger partial charge is 0.344 e. The number of hydrogen-bond donors (Lipinski definition) is 12. The van der Waals surface area contributed by atoms with Gasteiger partial charge in [0.05, 0.1) is 12.5 Å². The Labute approximate surface area is 508 Å². The van der Waals surface area contributed by atoms with Crippen LogP contribution in [-0.4, -0.2) is 121 Å². The fourth-order valence-electron chi connectivity index (χ4n) is 9.46. The molecule has 0 saturated heterocycles. The van der Waals surface area contributed by atoms with Crippen molar-refractivity contribution >= 4 is 53.4 Å². The maximum absolute atomic E-state index is 14.5. The number of benzene rings is 3. The highest BCUT2D eigenvalue weighted by molar-refractivity contribution is 5.93. The lowest BCUT2D eigenvalue weighted by Gasteiger charge is -2.24. The molecule has 8 amide bonds. The molecule has 476 valence electrons. The minimum Gasteiger partial charge on any atom is -0.508 e. The van der Waals surface area contributed by atoms with Gasteiger partial charge < -0.3 is 69.0 Å². The number of ether oxygens (including phenoxy) is 1. The van der Waals surface area contributed by atoms with Crippen LogP contribution in [0.4, 0.5) is 4.79 Å². The number of rotatable bonds is 46. The number of carbonyl (C=O) groups excluding carboxylic acids is 7. The zero-order valence-corrected chi connectivity index (χ0v) is 50.9. The van der Waals surface area contributed by atoms with Gasteiger partial charge in [-0.05, 0) is 105 Å². The van der Waals surface area contributed by atoms with Gasteiger partial charge in [-0.25, -0.2) is 9.59 Å². The van der Waals surface area contributed by atoms with E-state index >= 15 is 0 Å². The molecular weight excluding hydrogens is 1100 g/mol. The van der Waals surface area contributed by atoms with Gasteiger partial charge in [-0.3, -0.25) is 28.8 Å². The van der Waals surface area contributed by atoms with Gasteiger partial charge in [-0.1, -0.05) is 145 Å². The number of nitrogens with one attached hydrogen (secondary N) is 8. The molecule has 0 radical (unpaired) electrons. The van der Waals surface area contributed by atoms with Crippen molar-refractivity contribution in [2.24, 2.45) is 16.5 Å². The molecule has 0 aromatic heterocycles. The van der Waals surface area contributed by atoms with Crippen molar-refractivity contribution in [3.05, 3.63) is 95.6 Å². The van der Waals surface area contributed by atoms with Crippen molar-refractivity contribution in [1.82, 2.24) is 42.5 Å². The number of carboxylic acid groups (broad SMARTS) is 1. The molecule has 3 aromatic carbocycles. The third kappa shape index (κ3) is 32.5. The summed E-state index contributed by atoms with van der Waals surface area (Å²) in [6, 6.07) is 18.8. The zero-order chi connectivity index (χ0) is 62.6. The average molecular weight is 1200 g/mol. The summed E-state index contributed by atoms with van der Waals surface area (Å²) in [6.07, 6.45) is 18.6. The van der Waals surface area contributed by atoms with E-state index in [1.165, 1.54) is 69.9 Å². The third-order valence-electron chi connectivity index (χ3n) is 14.4. The molecule has 4 atom stereocenters. The molecule has 14 N–H and O–H groups in total. The van der Waals surface area contributed by atoms with Crippen molar-refractivity contribution in [2.45, 2.75) is 199 Å². The molecule has 0 heterocycles. The Balaban J connectivity index is 1.53. The molecule has 0 aliphatic carbocycles. The molecular formula is C64H99N11O11. The monoisotopic (exact) mass is 1200 g/mol. The maximum Gasteiger partial charge on any atom is 0.344 e. The molecule has 3 aromatic rings. The Morgan fingerprint density at radius 1 is 0.523 bits per heavy atom. The van der Waals surface area contributed by atoms with Gasteiger partial charge in [0.2, 0.25) is 35.4 Å². The normalized spacial score (nSPS) is 12.6. The van der Waals surface area contributed by atoms with Crippen LogP contribution in [0.15, 0.2) is 83.9 Å². The first-order chi connectivity index (χ1) is 41.6. The molecule has 86 heavy (non-hydrogen) atoms.